The molecule has 0 saturated heterocycles. The molecule has 0 radical (unpaired) electrons. The van der Waals surface area contributed by atoms with Crippen molar-refractivity contribution in [2.75, 3.05) is 24.8 Å². The number of aryl methyl sites for hydroxylation is 1. The van der Waals surface area contributed by atoms with Crippen LogP contribution in [-0.2, 0) is 0 Å². The zero-order chi connectivity index (χ0) is 14.5. The Labute approximate surface area is 119 Å². The number of hydrogen-bond donors (Lipinski definition) is 2. The Kier molecular flexibility index (Phi) is 4.35. The third kappa shape index (κ3) is 3.15. The van der Waals surface area contributed by atoms with E-state index in [-0.39, 0.29) is 0 Å². The maximum absolute atomic E-state index is 5.87. The maximum atomic E-state index is 5.87. The highest BCUT2D eigenvalue weighted by Gasteiger charge is 2.06. The summed E-state index contributed by atoms with van der Waals surface area (Å²) in [7, 11) is 1.66. The maximum Gasteiger partial charge on any atom is 0.144 e. The monoisotopic (exact) mass is 272 g/mol. The minimum atomic E-state index is 0.585. The fourth-order valence-electron chi connectivity index (χ4n) is 1.97. The molecule has 20 heavy (non-hydrogen) atoms. The third-order valence-corrected chi connectivity index (χ3v) is 2.95. The molecule has 2 aromatic rings. The summed E-state index contributed by atoms with van der Waals surface area (Å²) in [6.07, 6.45) is 0. The molecule has 0 spiro atoms. The van der Waals surface area contributed by atoms with Gasteiger partial charge in [0, 0.05) is 11.8 Å². The van der Waals surface area contributed by atoms with E-state index in [2.05, 4.69) is 5.32 Å². The lowest BCUT2D eigenvalue weighted by atomic mass is 10.2. The molecule has 2 aromatic carbocycles. The summed E-state index contributed by atoms with van der Waals surface area (Å²) in [5.41, 5.74) is 9.49. The van der Waals surface area contributed by atoms with Crippen molar-refractivity contribution in [2.45, 2.75) is 13.8 Å². The zero-order valence-corrected chi connectivity index (χ0v) is 12.1. The van der Waals surface area contributed by atoms with Crippen LogP contribution in [0.5, 0.6) is 11.5 Å². The normalized spacial score (nSPS) is 10.2. The van der Waals surface area contributed by atoms with E-state index in [4.69, 9.17) is 15.2 Å². The van der Waals surface area contributed by atoms with Gasteiger partial charge in [0.15, 0.2) is 0 Å². The van der Waals surface area contributed by atoms with Crippen LogP contribution in [0.1, 0.15) is 12.5 Å². The Hall–Kier alpha value is -2.36. The molecule has 2 rings (SSSR count). The predicted octanol–water partition coefficient (Wildman–Crippen LogP) is 3.73. The van der Waals surface area contributed by atoms with E-state index in [9.17, 15) is 0 Å². The lowest BCUT2D eigenvalue weighted by Crippen LogP contribution is -1.99. The van der Waals surface area contributed by atoms with E-state index in [0.717, 1.165) is 22.7 Å². The van der Waals surface area contributed by atoms with Gasteiger partial charge in [0.2, 0.25) is 0 Å². The van der Waals surface area contributed by atoms with Crippen LogP contribution in [0.3, 0.4) is 0 Å². The molecule has 0 aliphatic heterocycles. The first-order chi connectivity index (χ1) is 9.63. The van der Waals surface area contributed by atoms with E-state index in [1.165, 1.54) is 0 Å². The molecule has 106 valence electrons. The Bertz CT molecular complexity index is 597. The second-order valence-corrected chi connectivity index (χ2v) is 4.51. The largest absolute Gasteiger partial charge is 0.495 e. The molecule has 0 heterocycles. The fraction of sp³-hybridized carbons (Fsp3) is 0.250. The van der Waals surface area contributed by atoms with Crippen LogP contribution in [0.4, 0.5) is 17.1 Å². The molecule has 0 amide bonds. The van der Waals surface area contributed by atoms with Gasteiger partial charge in [-0.05, 0) is 43.7 Å². The summed E-state index contributed by atoms with van der Waals surface area (Å²) in [6, 6.07) is 11.6. The molecular weight excluding hydrogens is 252 g/mol. The minimum absolute atomic E-state index is 0.585. The summed E-state index contributed by atoms with van der Waals surface area (Å²) in [4.78, 5) is 0. The first kappa shape index (κ1) is 14.1. The van der Waals surface area contributed by atoms with Crippen molar-refractivity contribution in [3.63, 3.8) is 0 Å². The van der Waals surface area contributed by atoms with Gasteiger partial charge in [0.05, 0.1) is 25.1 Å². The van der Waals surface area contributed by atoms with Crippen molar-refractivity contribution < 1.29 is 9.47 Å². The summed E-state index contributed by atoms with van der Waals surface area (Å²) >= 11 is 0. The number of nitrogen functional groups attached to an aromatic ring is 1. The number of nitrogens with one attached hydrogen (secondary N) is 1. The molecule has 4 heteroatoms. The predicted molar refractivity (Wildman–Crippen MR) is 83.0 cm³/mol. The van der Waals surface area contributed by atoms with Crippen molar-refractivity contribution in [3.8, 4) is 11.5 Å². The number of anilines is 3. The van der Waals surface area contributed by atoms with Crippen LogP contribution in [0.15, 0.2) is 36.4 Å². The van der Waals surface area contributed by atoms with Crippen LogP contribution >= 0.6 is 0 Å². The highest BCUT2D eigenvalue weighted by atomic mass is 16.5. The Balaban J connectivity index is 2.30. The summed E-state index contributed by atoms with van der Waals surface area (Å²) in [6.45, 7) is 4.56. The number of nitrogens with two attached hydrogens (primary N) is 1. The second-order valence-electron chi connectivity index (χ2n) is 4.51. The van der Waals surface area contributed by atoms with Gasteiger partial charge in [-0.15, -0.1) is 0 Å². The van der Waals surface area contributed by atoms with Gasteiger partial charge in [0.25, 0.3) is 0 Å². The van der Waals surface area contributed by atoms with E-state index >= 15 is 0 Å². The first-order valence-electron chi connectivity index (χ1n) is 6.58. The summed E-state index contributed by atoms with van der Waals surface area (Å²) < 4.78 is 10.9. The number of methoxy groups -OCH3 is 1. The molecule has 0 saturated carbocycles. The standard InChI is InChI=1S/C16H20N2O2/c1-4-20-16-10-12(6-7-13(16)17)18-14-9-11(2)5-8-15(14)19-3/h5-10,18H,4,17H2,1-3H3. The minimum Gasteiger partial charge on any atom is -0.495 e. The van der Waals surface area contributed by atoms with Crippen molar-refractivity contribution in [3.05, 3.63) is 42.0 Å². The van der Waals surface area contributed by atoms with Crippen LogP contribution in [-0.4, -0.2) is 13.7 Å². The van der Waals surface area contributed by atoms with E-state index < -0.39 is 0 Å². The molecule has 4 nitrogen and oxygen atoms in total. The van der Waals surface area contributed by atoms with Gasteiger partial charge in [-0.25, -0.2) is 0 Å². The summed E-state index contributed by atoms with van der Waals surface area (Å²) in [5.74, 6) is 1.48. The average molecular weight is 272 g/mol. The van der Waals surface area contributed by atoms with Gasteiger partial charge in [-0.3, -0.25) is 0 Å². The highest BCUT2D eigenvalue weighted by molar-refractivity contribution is 5.70. The Morgan fingerprint density at radius 2 is 1.90 bits per heavy atom. The average Bonchev–Trinajstić information content (AvgIpc) is 2.43. The van der Waals surface area contributed by atoms with Crippen LogP contribution < -0.4 is 20.5 Å². The first-order valence-corrected chi connectivity index (χ1v) is 6.58. The van der Waals surface area contributed by atoms with Crippen LogP contribution in [0, 0.1) is 6.92 Å². The zero-order valence-electron chi connectivity index (χ0n) is 12.1. The third-order valence-electron chi connectivity index (χ3n) is 2.95. The molecular formula is C16H20N2O2. The lowest BCUT2D eigenvalue weighted by Gasteiger charge is -2.14. The Morgan fingerprint density at radius 1 is 1.10 bits per heavy atom. The van der Waals surface area contributed by atoms with Gasteiger partial charge in [-0.2, -0.15) is 0 Å². The number of benzene rings is 2. The molecule has 0 aromatic heterocycles. The quantitative estimate of drug-likeness (QED) is 0.814. The highest BCUT2D eigenvalue weighted by Crippen LogP contribution is 2.31. The Morgan fingerprint density at radius 3 is 2.60 bits per heavy atom. The van der Waals surface area contributed by atoms with Gasteiger partial charge in [0.1, 0.15) is 11.5 Å². The fourth-order valence-corrected chi connectivity index (χ4v) is 1.97. The second kappa shape index (κ2) is 6.19. The molecule has 3 N–H and O–H groups in total. The van der Waals surface area contributed by atoms with Crippen LogP contribution in [0.25, 0.3) is 0 Å². The van der Waals surface area contributed by atoms with Gasteiger partial charge < -0.3 is 20.5 Å². The topological polar surface area (TPSA) is 56.5 Å². The van der Waals surface area contributed by atoms with Gasteiger partial charge >= 0.3 is 0 Å². The van der Waals surface area contributed by atoms with E-state index in [1.807, 2.05) is 50.2 Å². The lowest BCUT2D eigenvalue weighted by molar-refractivity contribution is 0.342. The van der Waals surface area contributed by atoms with Gasteiger partial charge in [-0.1, -0.05) is 6.07 Å². The number of hydrogen-bond acceptors (Lipinski definition) is 4. The molecule has 0 unspecified atom stereocenters. The molecule has 0 bridgehead atoms. The number of ether oxygens (including phenoxy) is 2. The molecule has 0 atom stereocenters. The van der Waals surface area contributed by atoms with Crippen molar-refractivity contribution in [1.82, 2.24) is 0 Å². The summed E-state index contributed by atoms with van der Waals surface area (Å²) in [5, 5.41) is 3.33. The SMILES string of the molecule is CCOc1cc(Nc2cc(C)ccc2OC)ccc1N. The van der Waals surface area contributed by atoms with E-state index in [1.54, 1.807) is 7.11 Å². The number of rotatable bonds is 5. The van der Waals surface area contributed by atoms with Crippen molar-refractivity contribution >= 4 is 17.1 Å². The molecule has 0 fully saturated rings. The molecule has 0 aliphatic rings. The van der Waals surface area contributed by atoms with Crippen LogP contribution in [0.2, 0.25) is 0 Å². The smallest absolute Gasteiger partial charge is 0.144 e. The van der Waals surface area contributed by atoms with E-state index in [0.29, 0.717) is 18.0 Å². The van der Waals surface area contributed by atoms with Crippen molar-refractivity contribution in [2.24, 2.45) is 0 Å². The van der Waals surface area contributed by atoms with Crippen molar-refractivity contribution in [1.29, 1.82) is 0 Å². The molecule has 0 aliphatic carbocycles.